The van der Waals surface area contributed by atoms with E-state index in [1.807, 2.05) is 30.5 Å². The van der Waals surface area contributed by atoms with Gasteiger partial charge in [0.1, 0.15) is 23.5 Å². The van der Waals surface area contributed by atoms with E-state index in [4.69, 9.17) is 9.47 Å². The number of H-pyrrole nitrogens is 2. The molecular formula is C27H35N5O5. The summed E-state index contributed by atoms with van der Waals surface area (Å²) < 4.78 is 10.4. The van der Waals surface area contributed by atoms with Gasteiger partial charge < -0.3 is 30.1 Å². The molecule has 0 bridgehead atoms. The number of methoxy groups -OCH3 is 1. The van der Waals surface area contributed by atoms with Crippen LogP contribution in [0.25, 0.3) is 10.9 Å². The number of ether oxygens (including phenoxy) is 2. The number of carbonyl (C=O) groups excluding carboxylic acids is 3. The maximum Gasteiger partial charge on any atom is 0.408 e. The predicted molar refractivity (Wildman–Crippen MR) is 138 cm³/mol. The number of imidazole rings is 1. The van der Waals surface area contributed by atoms with Gasteiger partial charge in [-0.1, -0.05) is 24.6 Å². The van der Waals surface area contributed by atoms with Crippen molar-refractivity contribution < 1.29 is 23.9 Å². The van der Waals surface area contributed by atoms with Crippen LogP contribution in [0.5, 0.6) is 0 Å². The summed E-state index contributed by atoms with van der Waals surface area (Å²) in [5.74, 6) is 0.208. The highest BCUT2D eigenvalue weighted by Crippen LogP contribution is 2.34. The van der Waals surface area contributed by atoms with Gasteiger partial charge >= 0.3 is 12.1 Å². The monoisotopic (exact) mass is 509 g/mol. The average Bonchev–Trinajstić information content (AvgIpc) is 3.42. The number of aromatic nitrogens is 3. The van der Waals surface area contributed by atoms with Crippen LogP contribution in [0.15, 0.2) is 36.7 Å². The van der Waals surface area contributed by atoms with Gasteiger partial charge in [-0.25, -0.2) is 14.6 Å². The van der Waals surface area contributed by atoms with E-state index in [1.165, 1.54) is 13.5 Å². The van der Waals surface area contributed by atoms with E-state index in [0.717, 1.165) is 40.8 Å². The molecule has 0 unspecified atom stereocenters. The van der Waals surface area contributed by atoms with Crippen LogP contribution < -0.4 is 10.6 Å². The van der Waals surface area contributed by atoms with E-state index < -0.39 is 35.7 Å². The first-order valence-electron chi connectivity index (χ1n) is 12.6. The maximum absolute atomic E-state index is 13.5. The fraction of sp³-hybridized carbons (Fsp3) is 0.481. The van der Waals surface area contributed by atoms with Crippen molar-refractivity contribution in [2.45, 2.75) is 76.5 Å². The second kappa shape index (κ2) is 11.1. The zero-order chi connectivity index (χ0) is 26.6. The number of amides is 2. The lowest BCUT2D eigenvalue weighted by Gasteiger charge is -2.25. The standard InChI is InChI=1S/C27H35N5O5/c1-27(2,3)37-26(35)32-21(12-17-14-28-20-11-6-5-10-19(17)20)24(33)31-22(25(34)36-4)13-18-15-29-23(30-18)16-8-7-9-16/h5-6,10-11,14-16,21-22,28H,7-9,12-13H2,1-4H3,(H,29,30)(H,31,33)(H,32,35)/t21-,22-/m0/s1. The third-order valence-corrected chi connectivity index (χ3v) is 6.47. The molecule has 2 atom stereocenters. The van der Waals surface area contributed by atoms with Gasteiger partial charge in [-0.15, -0.1) is 0 Å². The molecule has 0 spiro atoms. The van der Waals surface area contributed by atoms with Gasteiger partial charge in [0.05, 0.1) is 7.11 Å². The molecule has 2 aromatic heterocycles. The Morgan fingerprint density at radius 1 is 1.11 bits per heavy atom. The third kappa shape index (κ3) is 6.69. The summed E-state index contributed by atoms with van der Waals surface area (Å²) in [7, 11) is 1.27. The fourth-order valence-electron chi connectivity index (χ4n) is 4.38. The zero-order valence-electron chi connectivity index (χ0n) is 21.7. The molecule has 10 heteroatoms. The van der Waals surface area contributed by atoms with E-state index in [9.17, 15) is 14.4 Å². The van der Waals surface area contributed by atoms with Crippen LogP contribution in [-0.4, -0.2) is 57.7 Å². The Morgan fingerprint density at radius 3 is 2.54 bits per heavy atom. The van der Waals surface area contributed by atoms with Crippen LogP contribution in [0.1, 0.15) is 63.0 Å². The molecule has 1 saturated carbocycles. The second-order valence-electron chi connectivity index (χ2n) is 10.5. The SMILES string of the molecule is COC(=O)[C@H](Cc1cnc(C2CCC2)[nH]1)NC(=O)[C@H](Cc1c[nH]c2ccccc12)NC(=O)OC(C)(C)C. The number of hydrogen-bond donors (Lipinski definition) is 4. The number of benzene rings is 1. The van der Waals surface area contributed by atoms with Crippen LogP contribution in [0.4, 0.5) is 4.79 Å². The molecule has 0 radical (unpaired) electrons. The molecule has 4 N–H and O–H groups in total. The molecule has 1 aliphatic carbocycles. The summed E-state index contributed by atoms with van der Waals surface area (Å²) in [6.45, 7) is 5.24. The summed E-state index contributed by atoms with van der Waals surface area (Å²) in [6, 6.07) is 5.75. The topological polar surface area (TPSA) is 138 Å². The number of alkyl carbamates (subject to hydrolysis) is 1. The molecule has 37 heavy (non-hydrogen) atoms. The van der Waals surface area contributed by atoms with Gasteiger partial charge in [-0.2, -0.15) is 0 Å². The Hall–Kier alpha value is -3.82. The van der Waals surface area contributed by atoms with Crippen molar-refractivity contribution in [1.82, 2.24) is 25.6 Å². The molecule has 4 rings (SSSR count). The highest BCUT2D eigenvalue weighted by Gasteiger charge is 2.31. The van der Waals surface area contributed by atoms with E-state index in [0.29, 0.717) is 5.92 Å². The maximum atomic E-state index is 13.5. The number of carbonyl (C=O) groups is 3. The first-order valence-corrected chi connectivity index (χ1v) is 12.6. The van der Waals surface area contributed by atoms with Crippen LogP contribution >= 0.6 is 0 Å². The van der Waals surface area contributed by atoms with Crippen molar-refractivity contribution in [2.75, 3.05) is 7.11 Å². The molecule has 3 aromatic rings. The molecule has 0 aliphatic heterocycles. The average molecular weight is 510 g/mol. The lowest BCUT2D eigenvalue weighted by atomic mass is 9.85. The second-order valence-corrected chi connectivity index (χ2v) is 10.5. The number of rotatable bonds is 9. The Bertz CT molecular complexity index is 1250. The van der Waals surface area contributed by atoms with Gasteiger partial charge in [-0.05, 0) is 45.2 Å². The van der Waals surface area contributed by atoms with E-state index in [1.54, 1.807) is 27.0 Å². The minimum absolute atomic E-state index is 0.185. The predicted octanol–water partition coefficient (Wildman–Crippen LogP) is 3.49. The number of nitrogens with one attached hydrogen (secondary N) is 4. The van der Waals surface area contributed by atoms with Crippen molar-refractivity contribution >= 4 is 28.9 Å². The molecule has 198 valence electrons. The lowest BCUT2D eigenvalue weighted by molar-refractivity contribution is -0.145. The number of aromatic amines is 2. The van der Waals surface area contributed by atoms with Crippen molar-refractivity contribution in [3.8, 4) is 0 Å². The Kier molecular flexibility index (Phi) is 7.85. The van der Waals surface area contributed by atoms with E-state index in [2.05, 4.69) is 25.6 Å². The minimum Gasteiger partial charge on any atom is -0.467 e. The largest absolute Gasteiger partial charge is 0.467 e. The fourth-order valence-corrected chi connectivity index (χ4v) is 4.38. The smallest absolute Gasteiger partial charge is 0.408 e. The van der Waals surface area contributed by atoms with Gasteiger partial charge in [0.2, 0.25) is 5.91 Å². The Labute approximate surface area is 215 Å². The molecule has 1 aromatic carbocycles. The zero-order valence-corrected chi connectivity index (χ0v) is 21.7. The van der Waals surface area contributed by atoms with Crippen LogP contribution in [-0.2, 0) is 31.9 Å². The van der Waals surface area contributed by atoms with Gasteiger partial charge in [-0.3, -0.25) is 4.79 Å². The molecular weight excluding hydrogens is 474 g/mol. The number of esters is 1. The molecule has 2 amide bonds. The van der Waals surface area contributed by atoms with Crippen LogP contribution in [0, 0.1) is 0 Å². The molecule has 2 heterocycles. The Morgan fingerprint density at radius 2 is 1.86 bits per heavy atom. The highest BCUT2D eigenvalue weighted by molar-refractivity contribution is 5.91. The quantitative estimate of drug-likeness (QED) is 0.326. The number of nitrogens with zero attached hydrogens (tertiary/aromatic N) is 1. The molecule has 10 nitrogen and oxygen atoms in total. The summed E-state index contributed by atoms with van der Waals surface area (Å²) in [5.41, 5.74) is 1.76. The van der Waals surface area contributed by atoms with Gasteiger partial charge in [0, 0.05) is 47.8 Å². The van der Waals surface area contributed by atoms with Crippen molar-refractivity contribution in [3.05, 3.63) is 53.7 Å². The van der Waals surface area contributed by atoms with Crippen molar-refractivity contribution in [2.24, 2.45) is 0 Å². The molecule has 1 aliphatic rings. The number of hydrogen-bond acceptors (Lipinski definition) is 6. The van der Waals surface area contributed by atoms with Crippen LogP contribution in [0.2, 0.25) is 0 Å². The highest BCUT2D eigenvalue weighted by atomic mass is 16.6. The normalized spacial score (nSPS) is 15.5. The summed E-state index contributed by atoms with van der Waals surface area (Å²) in [5, 5.41) is 6.39. The van der Waals surface area contributed by atoms with Crippen molar-refractivity contribution in [1.29, 1.82) is 0 Å². The van der Waals surface area contributed by atoms with E-state index in [-0.39, 0.29) is 12.8 Å². The van der Waals surface area contributed by atoms with E-state index >= 15 is 0 Å². The van der Waals surface area contributed by atoms with Gasteiger partial charge in [0.15, 0.2) is 0 Å². The molecule has 0 saturated heterocycles. The first-order chi connectivity index (χ1) is 17.6. The Balaban J connectivity index is 1.52. The minimum atomic E-state index is -0.992. The summed E-state index contributed by atoms with van der Waals surface area (Å²) in [6.07, 6.45) is 6.53. The van der Waals surface area contributed by atoms with Crippen LogP contribution in [0.3, 0.4) is 0 Å². The first kappa shape index (κ1) is 26.2. The third-order valence-electron chi connectivity index (χ3n) is 6.47. The van der Waals surface area contributed by atoms with Gasteiger partial charge in [0.25, 0.3) is 0 Å². The number of fused-ring (bicyclic) bond motifs is 1. The molecule has 1 fully saturated rings. The summed E-state index contributed by atoms with van der Waals surface area (Å²) in [4.78, 5) is 49.6. The lowest BCUT2D eigenvalue weighted by Crippen LogP contribution is -2.54. The van der Waals surface area contributed by atoms with Crippen molar-refractivity contribution in [3.63, 3.8) is 0 Å². The number of para-hydroxylation sites is 1. The summed E-state index contributed by atoms with van der Waals surface area (Å²) >= 11 is 0.